The Hall–Kier alpha value is -2.64. The number of carbonyl (C=O) groups is 2. The Bertz CT molecular complexity index is 842. The number of carbonyl (C=O) groups excluding carboxylic acids is 2. The minimum atomic E-state index is -0.114. The van der Waals surface area contributed by atoms with Gasteiger partial charge < -0.3 is 15.2 Å². The zero-order valence-electron chi connectivity index (χ0n) is 18.6. The number of nitrogens with one attached hydrogen (secondary N) is 2. The molecule has 3 aliphatic rings. The van der Waals surface area contributed by atoms with Crippen molar-refractivity contribution in [3.63, 3.8) is 0 Å². The van der Waals surface area contributed by atoms with Crippen LogP contribution in [0.3, 0.4) is 0 Å². The topological polar surface area (TPSA) is 99.8 Å². The smallest absolute Gasteiger partial charge is 0.233 e. The van der Waals surface area contributed by atoms with Gasteiger partial charge in [-0.2, -0.15) is 0 Å². The van der Waals surface area contributed by atoms with E-state index < -0.39 is 0 Å². The van der Waals surface area contributed by atoms with Crippen molar-refractivity contribution in [2.45, 2.75) is 52.0 Å². The van der Waals surface area contributed by atoms with Crippen LogP contribution in [0.2, 0.25) is 0 Å². The van der Waals surface area contributed by atoms with Crippen LogP contribution in [-0.4, -0.2) is 48.0 Å². The van der Waals surface area contributed by atoms with Gasteiger partial charge in [0.1, 0.15) is 0 Å². The third kappa shape index (κ3) is 4.12. The summed E-state index contributed by atoms with van der Waals surface area (Å²) in [5.41, 5.74) is 0.998. The van der Waals surface area contributed by atoms with Crippen LogP contribution < -0.4 is 10.6 Å². The molecule has 8 heteroatoms. The van der Waals surface area contributed by atoms with Crippen LogP contribution in [0, 0.1) is 23.7 Å². The fraction of sp³-hybridized carbons (Fsp3) is 0.652. The molecule has 4 atom stereocenters. The molecule has 2 bridgehead atoms. The zero-order chi connectivity index (χ0) is 22.0. The number of imide groups is 1. The fourth-order valence-corrected chi connectivity index (χ4v) is 5.33. The number of fused-ring (bicyclic) bond motifs is 5. The third-order valence-electron chi connectivity index (χ3n) is 7.05. The molecule has 4 unspecified atom stereocenters. The molecule has 2 heterocycles. The number of aromatic nitrogens is 1. The Kier molecular flexibility index (Phi) is 6.43. The van der Waals surface area contributed by atoms with Crippen molar-refractivity contribution in [1.29, 1.82) is 0 Å². The Morgan fingerprint density at radius 2 is 1.87 bits per heavy atom. The summed E-state index contributed by atoms with van der Waals surface area (Å²) in [5.74, 6) is 2.19. The van der Waals surface area contributed by atoms with E-state index >= 15 is 0 Å². The summed E-state index contributed by atoms with van der Waals surface area (Å²) in [6, 6.07) is 2.00. The standard InChI is InChI=1S/C23H33N5O3/c1-4-14(5-2)18-12-17(31-27-18)13-26-23(24-3)25-9-6-10-28-21(29)19-15-7-8-16(11-15)20(19)22(28)30/h7-8,12,14-16,19-20H,4-6,9-11,13H2,1-3H3,(H2,24,25,26). The van der Waals surface area contributed by atoms with Crippen molar-refractivity contribution >= 4 is 17.8 Å². The molecule has 1 aromatic rings. The van der Waals surface area contributed by atoms with Crippen LogP contribution in [-0.2, 0) is 16.1 Å². The van der Waals surface area contributed by atoms with E-state index in [9.17, 15) is 9.59 Å². The van der Waals surface area contributed by atoms with Crippen LogP contribution in [0.15, 0.2) is 27.7 Å². The number of allylic oxidation sites excluding steroid dienone is 2. The van der Waals surface area contributed by atoms with Crippen molar-refractivity contribution in [3.8, 4) is 0 Å². The number of rotatable bonds is 9. The second-order valence-electron chi connectivity index (χ2n) is 8.77. The maximum atomic E-state index is 12.7. The lowest BCUT2D eigenvalue weighted by atomic mass is 9.85. The average Bonchev–Trinajstić information content (AvgIpc) is 3.55. The Morgan fingerprint density at radius 1 is 1.19 bits per heavy atom. The van der Waals surface area contributed by atoms with Crippen molar-refractivity contribution < 1.29 is 14.1 Å². The largest absolute Gasteiger partial charge is 0.359 e. The predicted octanol–water partition coefficient (Wildman–Crippen LogP) is 2.44. The van der Waals surface area contributed by atoms with E-state index in [0.717, 1.165) is 30.7 Å². The van der Waals surface area contributed by atoms with E-state index in [1.54, 1.807) is 7.05 Å². The molecule has 0 spiro atoms. The van der Waals surface area contributed by atoms with Gasteiger partial charge in [-0.15, -0.1) is 0 Å². The van der Waals surface area contributed by atoms with Gasteiger partial charge >= 0.3 is 0 Å². The molecular formula is C23H33N5O3. The van der Waals surface area contributed by atoms with Gasteiger partial charge in [0.25, 0.3) is 0 Å². The van der Waals surface area contributed by atoms with Crippen LogP contribution in [0.5, 0.6) is 0 Å². The molecule has 2 amide bonds. The maximum absolute atomic E-state index is 12.7. The molecule has 168 valence electrons. The number of hydrogen-bond acceptors (Lipinski definition) is 5. The first kappa shape index (κ1) is 21.6. The first-order valence-corrected chi connectivity index (χ1v) is 11.5. The van der Waals surface area contributed by atoms with Crippen molar-refractivity contribution in [3.05, 3.63) is 29.7 Å². The summed E-state index contributed by atoms with van der Waals surface area (Å²) in [7, 11) is 1.71. The molecule has 4 rings (SSSR count). The van der Waals surface area contributed by atoms with Gasteiger partial charge in [0.05, 0.1) is 24.1 Å². The SMILES string of the molecule is CCC(CC)c1cc(CNC(=NC)NCCCN2C(=O)C3C4C=CC(C4)C3C2=O)on1. The molecule has 1 saturated carbocycles. The molecule has 31 heavy (non-hydrogen) atoms. The highest BCUT2D eigenvalue weighted by atomic mass is 16.5. The summed E-state index contributed by atoms with van der Waals surface area (Å²) < 4.78 is 5.44. The number of likely N-dealkylation sites (tertiary alicyclic amines) is 1. The molecule has 0 radical (unpaired) electrons. The lowest BCUT2D eigenvalue weighted by Gasteiger charge is -2.17. The lowest BCUT2D eigenvalue weighted by molar-refractivity contribution is -0.140. The molecule has 1 aliphatic heterocycles. The van der Waals surface area contributed by atoms with Crippen LogP contribution in [0.1, 0.15) is 56.9 Å². The van der Waals surface area contributed by atoms with Gasteiger partial charge in [-0.05, 0) is 37.5 Å². The van der Waals surface area contributed by atoms with E-state index in [4.69, 9.17) is 4.52 Å². The van der Waals surface area contributed by atoms with Crippen LogP contribution in [0.4, 0.5) is 0 Å². The zero-order valence-corrected chi connectivity index (χ0v) is 18.6. The van der Waals surface area contributed by atoms with E-state index in [2.05, 4.69) is 46.8 Å². The lowest BCUT2D eigenvalue weighted by Crippen LogP contribution is -2.39. The second kappa shape index (κ2) is 9.24. The summed E-state index contributed by atoms with van der Waals surface area (Å²) in [6.07, 6.45) is 7.98. The minimum absolute atomic E-state index is 0.0212. The fourth-order valence-electron chi connectivity index (χ4n) is 5.33. The normalized spacial score (nSPS) is 27.0. The summed E-state index contributed by atoms with van der Waals surface area (Å²) in [4.78, 5) is 31.2. The quantitative estimate of drug-likeness (QED) is 0.206. The minimum Gasteiger partial charge on any atom is -0.359 e. The molecule has 1 aromatic heterocycles. The first-order valence-electron chi connectivity index (χ1n) is 11.5. The second-order valence-corrected chi connectivity index (χ2v) is 8.77. The van der Waals surface area contributed by atoms with Gasteiger partial charge in [0.15, 0.2) is 11.7 Å². The monoisotopic (exact) mass is 427 g/mol. The van der Waals surface area contributed by atoms with Crippen molar-refractivity contribution in [1.82, 2.24) is 20.7 Å². The molecule has 0 aromatic carbocycles. The first-order chi connectivity index (χ1) is 15.1. The van der Waals surface area contributed by atoms with Gasteiger partial charge in [-0.25, -0.2) is 0 Å². The molecule has 2 aliphatic carbocycles. The summed E-state index contributed by atoms with van der Waals surface area (Å²) in [5, 5.41) is 10.6. The highest BCUT2D eigenvalue weighted by Crippen LogP contribution is 2.52. The number of guanidine groups is 1. The van der Waals surface area contributed by atoms with Gasteiger partial charge in [-0.1, -0.05) is 31.2 Å². The highest BCUT2D eigenvalue weighted by molar-refractivity contribution is 6.06. The Balaban J connectivity index is 1.20. The highest BCUT2D eigenvalue weighted by Gasteiger charge is 2.58. The van der Waals surface area contributed by atoms with Crippen LogP contribution >= 0.6 is 0 Å². The van der Waals surface area contributed by atoms with E-state index in [1.165, 1.54) is 4.90 Å². The van der Waals surface area contributed by atoms with E-state index in [1.807, 2.05) is 6.07 Å². The molecule has 1 saturated heterocycles. The van der Waals surface area contributed by atoms with Gasteiger partial charge in [0.2, 0.25) is 11.8 Å². The van der Waals surface area contributed by atoms with Gasteiger partial charge in [0, 0.05) is 32.1 Å². The number of amides is 2. The molecule has 8 nitrogen and oxygen atoms in total. The molecule has 2 N–H and O–H groups in total. The summed E-state index contributed by atoms with van der Waals surface area (Å²) >= 11 is 0. The third-order valence-corrected chi connectivity index (χ3v) is 7.05. The predicted molar refractivity (Wildman–Crippen MR) is 117 cm³/mol. The van der Waals surface area contributed by atoms with Gasteiger partial charge in [-0.3, -0.25) is 19.5 Å². The Labute approximate surface area is 183 Å². The van der Waals surface area contributed by atoms with Crippen LogP contribution in [0.25, 0.3) is 0 Å². The number of hydrogen-bond donors (Lipinski definition) is 2. The summed E-state index contributed by atoms with van der Waals surface area (Å²) in [6.45, 7) is 5.88. The number of nitrogens with zero attached hydrogens (tertiary/aromatic N) is 3. The number of aliphatic imine (C=N–C) groups is 1. The van der Waals surface area contributed by atoms with E-state index in [0.29, 0.717) is 37.9 Å². The van der Waals surface area contributed by atoms with Crippen molar-refractivity contribution in [2.24, 2.45) is 28.7 Å². The Morgan fingerprint density at radius 3 is 2.48 bits per heavy atom. The maximum Gasteiger partial charge on any atom is 0.233 e. The van der Waals surface area contributed by atoms with E-state index in [-0.39, 0.29) is 35.5 Å². The van der Waals surface area contributed by atoms with Crippen molar-refractivity contribution in [2.75, 3.05) is 20.1 Å². The molecule has 2 fully saturated rings. The molecular weight excluding hydrogens is 394 g/mol. The average molecular weight is 428 g/mol.